The third-order valence-corrected chi connectivity index (χ3v) is 4.17. The standard InChI is InChI=1S/C19H34N2O4/c1-5-24-18-15(12-10-8-7-9-11-13-16(22)23)20-19(25-6-2)17(21-18)14(3)4/h14-15,17H,5-13H2,1-4H3,(H,22,23)/t15-,17+/m1/s1. The Labute approximate surface area is 151 Å². The second kappa shape index (κ2) is 11.9. The van der Waals surface area contributed by atoms with Crippen molar-refractivity contribution in [2.24, 2.45) is 15.9 Å². The van der Waals surface area contributed by atoms with Crippen LogP contribution in [0.3, 0.4) is 0 Å². The van der Waals surface area contributed by atoms with E-state index in [0.29, 0.717) is 19.1 Å². The van der Waals surface area contributed by atoms with Crippen molar-refractivity contribution in [3.8, 4) is 0 Å². The van der Waals surface area contributed by atoms with Gasteiger partial charge in [-0.3, -0.25) is 4.79 Å². The van der Waals surface area contributed by atoms with Gasteiger partial charge in [0, 0.05) is 6.42 Å². The molecule has 25 heavy (non-hydrogen) atoms. The molecule has 0 saturated heterocycles. The molecule has 1 aliphatic rings. The van der Waals surface area contributed by atoms with Crippen molar-refractivity contribution < 1.29 is 19.4 Å². The number of carbonyl (C=O) groups is 1. The lowest BCUT2D eigenvalue weighted by Gasteiger charge is -2.28. The molecule has 0 spiro atoms. The lowest BCUT2D eigenvalue weighted by molar-refractivity contribution is -0.137. The lowest BCUT2D eigenvalue weighted by Crippen LogP contribution is -2.38. The highest BCUT2D eigenvalue weighted by atomic mass is 16.5. The Balaban J connectivity index is 2.53. The van der Waals surface area contributed by atoms with Crippen LogP contribution in [0.2, 0.25) is 0 Å². The largest absolute Gasteiger partial charge is 0.481 e. The number of unbranched alkanes of at least 4 members (excludes halogenated alkanes) is 4. The summed E-state index contributed by atoms with van der Waals surface area (Å²) in [6.07, 6.45) is 6.03. The summed E-state index contributed by atoms with van der Waals surface area (Å²) in [6.45, 7) is 9.35. The Morgan fingerprint density at radius 3 is 2.20 bits per heavy atom. The predicted molar refractivity (Wildman–Crippen MR) is 100 cm³/mol. The maximum Gasteiger partial charge on any atom is 0.303 e. The molecule has 0 saturated carbocycles. The molecule has 0 bridgehead atoms. The normalized spacial score (nSPS) is 20.2. The number of carboxylic acids is 1. The van der Waals surface area contributed by atoms with Crippen molar-refractivity contribution in [2.75, 3.05) is 13.2 Å². The molecule has 0 fully saturated rings. The smallest absolute Gasteiger partial charge is 0.303 e. The first-order valence-corrected chi connectivity index (χ1v) is 9.62. The lowest BCUT2D eigenvalue weighted by atomic mass is 10.0. The minimum atomic E-state index is -0.711. The third kappa shape index (κ3) is 7.88. The molecule has 6 heteroatoms. The van der Waals surface area contributed by atoms with Crippen LogP contribution in [0.1, 0.15) is 72.6 Å². The Hall–Kier alpha value is -1.59. The first kappa shape index (κ1) is 21.5. The Morgan fingerprint density at radius 1 is 1.00 bits per heavy atom. The molecule has 0 aliphatic carbocycles. The fourth-order valence-electron chi connectivity index (χ4n) is 2.88. The SMILES string of the molecule is CCOC1=N[C@H](CCCCCCCC(=O)O)C(OCC)=N[C@H]1C(C)C. The molecule has 144 valence electrons. The first-order valence-electron chi connectivity index (χ1n) is 9.62. The molecule has 0 aromatic rings. The number of rotatable bonds is 11. The van der Waals surface area contributed by atoms with E-state index in [0.717, 1.165) is 50.3 Å². The van der Waals surface area contributed by atoms with Crippen LogP contribution in [0, 0.1) is 5.92 Å². The highest BCUT2D eigenvalue weighted by molar-refractivity contribution is 5.94. The molecule has 6 nitrogen and oxygen atoms in total. The van der Waals surface area contributed by atoms with Crippen LogP contribution >= 0.6 is 0 Å². The van der Waals surface area contributed by atoms with Crippen molar-refractivity contribution in [1.29, 1.82) is 0 Å². The molecule has 1 N–H and O–H groups in total. The minimum absolute atomic E-state index is 0.0597. The predicted octanol–water partition coefficient (Wildman–Crippen LogP) is 4.08. The van der Waals surface area contributed by atoms with E-state index < -0.39 is 5.97 Å². The molecule has 1 aliphatic heterocycles. The van der Waals surface area contributed by atoms with Gasteiger partial charge in [-0.2, -0.15) is 0 Å². The summed E-state index contributed by atoms with van der Waals surface area (Å²) in [5.41, 5.74) is 0. The fourth-order valence-corrected chi connectivity index (χ4v) is 2.88. The topological polar surface area (TPSA) is 80.5 Å². The van der Waals surface area contributed by atoms with Crippen molar-refractivity contribution in [1.82, 2.24) is 0 Å². The van der Waals surface area contributed by atoms with Gasteiger partial charge in [-0.15, -0.1) is 0 Å². The highest BCUT2D eigenvalue weighted by Gasteiger charge is 2.31. The van der Waals surface area contributed by atoms with Gasteiger partial charge in [0.2, 0.25) is 11.8 Å². The summed E-state index contributed by atoms with van der Waals surface area (Å²) < 4.78 is 11.5. The molecule has 0 unspecified atom stereocenters. The van der Waals surface area contributed by atoms with Crippen molar-refractivity contribution >= 4 is 17.8 Å². The molecule has 0 amide bonds. The zero-order chi connectivity index (χ0) is 18.7. The summed E-state index contributed by atoms with van der Waals surface area (Å²) in [4.78, 5) is 20.1. The summed E-state index contributed by atoms with van der Waals surface area (Å²) >= 11 is 0. The van der Waals surface area contributed by atoms with E-state index in [4.69, 9.17) is 24.6 Å². The molecule has 1 rings (SSSR count). The van der Waals surface area contributed by atoms with E-state index >= 15 is 0 Å². The molecule has 0 aromatic carbocycles. The van der Waals surface area contributed by atoms with E-state index in [9.17, 15) is 4.79 Å². The average Bonchev–Trinajstić information content (AvgIpc) is 2.55. The van der Waals surface area contributed by atoms with Gasteiger partial charge in [0.25, 0.3) is 0 Å². The third-order valence-electron chi connectivity index (χ3n) is 4.17. The van der Waals surface area contributed by atoms with Crippen molar-refractivity contribution in [2.45, 2.75) is 84.7 Å². The van der Waals surface area contributed by atoms with Gasteiger partial charge in [0.1, 0.15) is 12.1 Å². The number of ether oxygens (including phenoxy) is 2. The molecule has 1 heterocycles. The van der Waals surface area contributed by atoms with E-state index in [-0.39, 0.29) is 18.5 Å². The Kier molecular flexibility index (Phi) is 10.2. The van der Waals surface area contributed by atoms with Crippen LogP contribution in [0.25, 0.3) is 0 Å². The second-order valence-corrected chi connectivity index (χ2v) is 6.71. The van der Waals surface area contributed by atoms with Gasteiger partial charge in [-0.25, -0.2) is 9.98 Å². The van der Waals surface area contributed by atoms with Crippen LogP contribution in [-0.4, -0.2) is 48.2 Å². The van der Waals surface area contributed by atoms with Crippen LogP contribution in [0.15, 0.2) is 9.98 Å². The number of aliphatic imine (C=N–C) groups is 2. The zero-order valence-electron chi connectivity index (χ0n) is 16.2. The average molecular weight is 354 g/mol. The Morgan fingerprint density at radius 2 is 1.60 bits per heavy atom. The van der Waals surface area contributed by atoms with Crippen LogP contribution in [-0.2, 0) is 14.3 Å². The molecule has 0 radical (unpaired) electrons. The van der Waals surface area contributed by atoms with Crippen LogP contribution in [0.5, 0.6) is 0 Å². The zero-order valence-corrected chi connectivity index (χ0v) is 16.2. The number of aliphatic carboxylic acids is 1. The minimum Gasteiger partial charge on any atom is -0.481 e. The Bertz CT molecular complexity index is 460. The van der Waals surface area contributed by atoms with Crippen molar-refractivity contribution in [3.63, 3.8) is 0 Å². The van der Waals surface area contributed by atoms with Gasteiger partial charge in [-0.1, -0.05) is 39.5 Å². The van der Waals surface area contributed by atoms with Gasteiger partial charge in [0.05, 0.1) is 13.2 Å². The summed E-state index contributed by atoms with van der Waals surface area (Å²) in [5.74, 6) is 1.07. The number of hydrogen-bond donors (Lipinski definition) is 1. The van der Waals surface area contributed by atoms with E-state index in [1.165, 1.54) is 0 Å². The molecular formula is C19H34N2O4. The van der Waals surface area contributed by atoms with Gasteiger partial charge < -0.3 is 14.6 Å². The molecular weight excluding hydrogens is 320 g/mol. The number of hydrogen-bond acceptors (Lipinski definition) is 5. The van der Waals surface area contributed by atoms with Crippen LogP contribution < -0.4 is 0 Å². The van der Waals surface area contributed by atoms with Crippen LogP contribution in [0.4, 0.5) is 0 Å². The van der Waals surface area contributed by atoms with E-state index in [1.54, 1.807) is 0 Å². The van der Waals surface area contributed by atoms with Gasteiger partial charge in [-0.05, 0) is 32.6 Å². The quantitative estimate of drug-likeness (QED) is 0.567. The monoisotopic (exact) mass is 354 g/mol. The first-order chi connectivity index (χ1) is 12.0. The maximum atomic E-state index is 10.5. The molecule has 2 atom stereocenters. The molecule has 0 aromatic heterocycles. The van der Waals surface area contributed by atoms with Gasteiger partial charge in [0.15, 0.2) is 0 Å². The maximum absolute atomic E-state index is 10.5. The number of carboxylic acid groups (broad SMARTS) is 1. The summed E-state index contributed by atoms with van der Waals surface area (Å²) in [5, 5.41) is 8.64. The summed E-state index contributed by atoms with van der Waals surface area (Å²) in [6, 6.07) is -0.121. The fraction of sp³-hybridized carbons (Fsp3) is 0.842. The van der Waals surface area contributed by atoms with Crippen molar-refractivity contribution in [3.05, 3.63) is 0 Å². The van der Waals surface area contributed by atoms with E-state index in [2.05, 4.69) is 13.8 Å². The van der Waals surface area contributed by atoms with Gasteiger partial charge >= 0.3 is 5.97 Å². The highest BCUT2D eigenvalue weighted by Crippen LogP contribution is 2.21. The van der Waals surface area contributed by atoms with E-state index in [1.807, 2.05) is 13.8 Å². The number of nitrogens with zero attached hydrogens (tertiary/aromatic N) is 2. The second-order valence-electron chi connectivity index (χ2n) is 6.71. The summed E-state index contributed by atoms with van der Waals surface area (Å²) in [7, 11) is 0.